The highest BCUT2D eigenvalue weighted by atomic mass is 35.5. The molecular formula is C12H15ClF3N3. The Kier molecular flexibility index (Phi) is 4.20. The van der Waals surface area contributed by atoms with E-state index in [1.54, 1.807) is 0 Å². The molecule has 1 aliphatic heterocycles. The van der Waals surface area contributed by atoms with Crippen molar-refractivity contribution in [1.82, 2.24) is 10.3 Å². The van der Waals surface area contributed by atoms with E-state index < -0.39 is 11.7 Å². The summed E-state index contributed by atoms with van der Waals surface area (Å²) in [6.07, 6.45) is -1.72. The van der Waals surface area contributed by atoms with Crippen molar-refractivity contribution in [2.45, 2.75) is 25.1 Å². The van der Waals surface area contributed by atoms with Crippen LogP contribution in [0.15, 0.2) is 12.3 Å². The number of piperidine rings is 1. The number of anilines is 1. The second-order valence-electron chi connectivity index (χ2n) is 4.58. The monoisotopic (exact) mass is 293 g/mol. The molecule has 2 rings (SSSR count). The van der Waals surface area contributed by atoms with E-state index in [4.69, 9.17) is 11.6 Å². The van der Waals surface area contributed by atoms with Crippen molar-refractivity contribution in [3.8, 4) is 0 Å². The van der Waals surface area contributed by atoms with Gasteiger partial charge >= 0.3 is 6.18 Å². The molecule has 0 radical (unpaired) electrons. The number of aromatic nitrogens is 1. The van der Waals surface area contributed by atoms with Crippen molar-refractivity contribution in [3.63, 3.8) is 0 Å². The van der Waals surface area contributed by atoms with Gasteiger partial charge in [0.25, 0.3) is 0 Å². The first kappa shape index (κ1) is 14.4. The first-order chi connectivity index (χ1) is 8.91. The Morgan fingerprint density at radius 3 is 2.47 bits per heavy atom. The highest BCUT2D eigenvalue weighted by Crippen LogP contribution is 2.34. The smallest absolute Gasteiger partial charge is 0.355 e. The lowest BCUT2D eigenvalue weighted by Gasteiger charge is -2.33. The van der Waals surface area contributed by atoms with Crippen LogP contribution in [0.2, 0.25) is 5.02 Å². The van der Waals surface area contributed by atoms with Crippen LogP contribution in [-0.4, -0.2) is 31.2 Å². The Balaban J connectivity index is 2.14. The molecule has 0 aliphatic carbocycles. The van der Waals surface area contributed by atoms with Crippen molar-refractivity contribution in [1.29, 1.82) is 0 Å². The standard InChI is InChI=1S/C12H15ClF3N3/c1-17-9-2-4-19(5-3-9)11-10(13)6-8(7-18-11)12(14,15)16/h6-7,9,17H,2-5H2,1H3. The van der Waals surface area contributed by atoms with Gasteiger partial charge in [-0.05, 0) is 26.0 Å². The summed E-state index contributed by atoms with van der Waals surface area (Å²) in [5, 5.41) is 3.24. The lowest BCUT2D eigenvalue weighted by atomic mass is 10.1. The fourth-order valence-corrected chi connectivity index (χ4v) is 2.48. The van der Waals surface area contributed by atoms with Crippen LogP contribution >= 0.6 is 11.6 Å². The molecule has 0 atom stereocenters. The predicted octanol–water partition coefficient (Wildman–Crippen LogP) is 2.94. The number of pyridine rings is 1. The minimum absolute atomic E-state index is 0.0535. The maximum absolute atomic E-state index is 12.5. The third-order valence-corrected chi connectivity index (χ3v) is 3.63. The summed E-state index contributed by atoms with van der Waals surface area (Å²) in [7, 11) is 1.91. The minimum Gasteiger partial charge on any atom is -0.355 e. The van der Waals surface area contributed by atoms with E-state index in [0.717, 1.165) is 38.2 Å². The van der Waals surface area contributed by atoms with Crippen LogP contribution in [0.4, 0.5) is 19.0 Å². The van der Waals surface area contributed by atoms with Gasteiger partial charge in [-0.1, -0.05) is 11.6 Å². The van der Waals surface area contributed by atoms with Crippen molar-refractivity contribution in [2.24, 2.45) is 0 Å². The molecule has 7 heteroatoms. The van der Waals surface area contributed by atoms with Gasteiger partial charge in [-0.15, -0.1) is 0 Å². The van der Waals surface area contributed by atoms with Crippen LogP contribution in [0.25, 0.3) is 0 Å². The second kappa shape index (κ2) is 5.54. The maximum atomic E-state index is 12.5. The number of halogens is 4. The molecule has 2 heterocycles. The van der Waals surface area contributed by atoms with Crippen LogP contribution in [-0.2, 0) is 6.18 Å². The highest BCUT2D eigenvalue weighted by Gasteiger charge is 2.32. The lowest BCUT2D eigenvalue weighted by Crippen LogP contribution is -2.41. The topological polar surface area (TPSA) is 28.2 Å². The summed E-state index contributed by atoms with van der Waals surface area (Å²) in [4.78, 5) is 5.80. The molecule has 0 unspecified atom stereocenters. The van der Waals surface area contributed by atoms with Crippen molar-refractivity contribution < 1.29 is 13.2 Å². The van der Waals surface area contributed by atoms with E-state index in [9.17, 15) is 13.2 Å². The van der Waals surface area contributed by atoms with Crippen molar-refractivity contribution in [3.05, 3.63) is 22.8 Å². The summed E-state index contributed by atoms with van der Waals surface area (Å²) in [6, 6.07) is 1.39. The normalized spacial score (nSPS) is 17.8. The summed E-state index contributed by atoms with van der Waals surface area (Å²) < 4.78 is 37.6. The first-order valence-electron chi connectivity index (χ1n) is 6.06. The Bertz CT molecular complexity index is 442. The Labute approximate surface area is 114 Å². The van der Waals surface area contributed by atoms with Gasteiger partial charge < -0.3 is 10.2 Å². The maximum Gasteiger partial charge on any atom is 0.417 e. The molecule has 3 nitrogen and oxygen atoms in total. The van der Waals surface area contributed by atoms with Crippen LogP contribution in [0.3, 0.4) is 0 Å². The molecule has 1 aliphatic rings. The SMILES string of the molecule is CNC1CCN(c2ncc(C(F)(F)F)cc2Cl)CC1. The molecule has 0 bridgehead atoms. The zero-order chi connectivity index (χ0) is 14.0. The van der Waals surface area contributed by atoms with Gasteiger partial charge in [-0.2, -0.15) is 13.2 Å². The summed E-state index contributed by atoms with van der Waals surface area (Å²) in [6.45, 7) is 1.48. The van der Waals surface area contributed by atoms with Gasteiger partial charge in [0, 0.05) is 25.3 Å². The molecule has 0 spiro atoms. The quantitative estimate of drug-likeness (QED) is 0.909. The molecule has 1 aromatic heterocycles. The van der Waals surface area contributed by atoms with Crippen LogP contribution in [0, 0.1) is 0 Å². The number of rotatable bonds is 2. The number of nitrogens with one attached hydrogen (secondary N) is 1. The van der Waals surface area contributed by atoms with Crippen molar-refractivity contribution in [2.75, 3.05) is 25.0 Å². The van der Waals surface area contributed by atoms with Gasteiger partial charge in [-0.3, -0.25) is 0 Å². The van der Waals surface area contributed by atoms with E-state index in [2.05, 4.69) is 10.3 Å². The zero-order valence-electron chi connectivity index (χ0n) is 10.5. The van der Waals surface area contributed by atoms with Gasteiger partial charge in [0.15, 0.2) is 0 Å². The Morgan fingerprint density at radius 1 is 1.37 bits per heavy atom. The summed E-state index contributed by atoms with van der Waals surface area (Å²) >= 11 is 5.92. The fourth-order valence-electron chi connectivity index (χ4n) is 2.20. The molecule has 1 aromatic rings. The zero-order valence-corrected chi connectivity index (χ0v) is 11.2. The van der Waals surface area contributed by atoms with Gasteiger partial charge in [-0.25, -0.2) is 4.98 Å². The van der Waals surface area contributed by atoms with E-state index in [0.29, 0.717) is 11.9 Å². The Hall–Kier alpha value is -1.01. The predicted molar refractivity (Wildman–Crippen MR) is 68.5 cm³/mol. The molecule has 0 saturated carbocycles. The minimum atomic E-state index is -4.41. The van der Waals surface area contributed by atoms with E-state index in [-0.39, 0.29) is 5.02 Å². The van der Waals surface area contributed by atoms with E-state index >= 15 is 0 Å². The van der Waals surface area contributed by atoms with Gasteiger partial charge in [0.1, 0.15) is 5.82 Å². The van der Waals surface area contributed by atoms with Crippen LogP contribution in [0.5, 0.6) is 0 Å². The van der Waals surface area contributed by atoms with Crippen molar-refractivity contribution >= 4 is 17.4 Å². The third kappa shape index (κ3) is 3.30. The molecule has 19 heavy (non-hydrogen) atoms. The van der Waals surface area contributed by atoms with Crippen LogP contribution < -0.4 is 10.2 Å². The molecule has 1 fully saturated rings. The highest BCUT2D eigenvalue weighted by molar-refractivity contribution is 6.33. The summed E-state index contributed by atoms with van der Waals surface area (Å²) in [5.74, 6) is 0.434. The number of hydrogen-bond donors (Lipinski definition) is 1. The first-order valence-corrected chi connectivity index (χ1v) is 6.44. The third-order valence-electron chi connectivity index (χ3n) is 3.35. The number of hydrogen-bond acceptors (Lipinski definition) is 3. The fraction of sp³-hybridized carbons (Fsp3) is 0.583. The molecule has 1 saturated heterocycles. The average molecular weight is 294 g/mol. The molecule has 0 amide bonds. The van der Waals surface area contributed by atoms with Gasteiger partial charge in [0.05, 0.1) is 10.6 Å². The largest absolute Gasteiger partial charge is 0.417 e. The summed E-state index contributed by atoms with van der Waals surface area (Å²) in [5.41, 5.74) is -0.814. The van der Waals surface area contributed by atoms with E-state index in [1.165, 1.54) is 0 Å². The lowest BCUT2D eigenvalue weighted by molar-refractivity contribution is -0.137. The van der Waals surface area contributed by atoms with Gasteiger partial charge in [0.2, 0.25) is 0 Å². The molecular weight excluding hydrogens is 279 g/mol. The molecule has 0 aromatic carbocycles. The Morgan fingerprint density at radius 2 is 2.00 bits per heavy atom. The average Bonchev–Trinajstić information content (AvgIpc) is 2.38. The number of nitrogens with zero attached hydrogens (tertiary/aromatic N) is 2. The van der Waals surface area contributed by atoms with E-state index in [1.807, 2.05) is 11.9 Å². The van der Waals surface area contributed by atoms with Crippen LogP contribution in [0.1, 0.15) is 18.4 Å². The second-order valence-corrected chi connectivity index (χ2v) is 4.98. The number of alkyl halides is 3. The molecule has 106 valence electrons. The molecule has 1 N–H and O–H groups in total.